The molecule has 1 aromatic heterocycles. The van der Waals surface area contributed by atoms with Gasteiger partial charge in [-0.25, -0.2) is 0 Å². The Balaban J connectivity index is 1.24. The highest BCUT2D eigenvalue weighted by Crippen LogP contribution is 2.53. The highest BCUT2D eigenvalue weighted by Gasteiger charge is 2.38. The van der Waals surface area contributed by atoms with Crippen LogP contribution in [0.25, 0.3) is 55.0 Å². The third-order valence-electron chi connectivity index (χ3n) is 9.64. The molecule has 0 spiro atoms. The van der Waals surface area contributed by atoms with Crippen molar-refractivity contribution in [2.24, 2.45) is 0 Å². The Morgan fingerprint density at radius 2 is 1.20 bits per heavy atom. The first kappa shape index (κ1) is 25.9. The van der Waals surface area contributed by atoms with Crippen molar-refractivity contribution in [3.63, 3.8) is 0 Å². The van der Waals surface area contributed by atoms with E-state index in [0.29, 0.717) is 0 Å². The van der Waals surface area contributed by atoms with Crippen LogP contribution in [0, 0.1) is 0 Å². The van der Waals surface area contributed by atoms with E-state index in [1.165, 1.54) is 44.2 Å². The molecule has 0 N–H and O–H groups in total. The van der Waals surface area contributed by atoms with Crippen LogP contribution in [0.3, 0.4) is 0 Å². The van der Waals surface area contributed by atoms with E-state index in [1.54, 1.807) is 0 Å². The Morgan fingerprint density at radius 3 is 2.07 bits per heavy atom. The molecule has 9 rings (SSSR count). The molecule has 0 amide bonds. The predicted molar refractivity (Wildman–Crippen MR) is 189 cm³/mol. The van der Waals surface area contributed by atoms with Crippen LogP contribution in [-0.4, -0.2) is 0 Å². The molecule has 0 fully saturated rings. The fourth-order valence-corrected chi connectivity index (χ4v) is 7.57. The standard InChI is InChI=1S/C43H31NO/c1-43(2)37-19-9-8-17-34(37)35-26-27-36-40-38(20-11-21-39(40)45-42(36)41(35)43)44(30-14-4-3-5-15-30)31-24-22-29(23-25-31)33-18-10-13-28-12-6-7-16-32(28)33/h3-27H,1-2H3. The van der Waals surface area contributed by atoms with Crippen LogP contribution in [0.5, 0.6) is 0 Å². The van der Waals surface area contributed by atoms with Crippen molar-refractivity contribution in [3.8, 4) is 22.3 Å². The van der Waals surface area contributed by atoms with Crippen LogP contribution >= 0.6 is 0 Å². The Morgan fingerprint density at radius 1 is 0.511 bits per heavy atom. The zero-order valence-electron chi connectivity index (χ0n) is 25.3. The van der Waals surface area contributed by atoms with Crippen molar-refractivity contribution in [2.45, 2.75) is 19.3 Å². The summed E-state index contributed by atoms with van der Waals surface area (Å²) in [6.45, 7) is 4.64. The highest BCUT2D eigenvalue weighted by molar-refractivity contribution is 6.15. The van der Waals surface area contributed by atoms with Gasteiger partial charge in [0, 0.05) is 27.7 Å². The second kappa shape index (κ2) is 9.70. The average Bonchev–Trinajstić information content (AvgIpc) is 3.58. The number of rotatable bonds is 4. The van der Waals surface area contributed by atoms with Crippen molar-refractivity contribution < 1.29 is 4.42 Å². The number of hydrogen-bond donors (Lipinski definition) is 0. The molecule has 1 aliphatic carbocycles. The van der Waals surface area contributed by atoms with Gasteiger partial charge in [-0.1, -0.05) is 123 Å². The minimum atomic E-state index is -0.157. The second-order valence-corrected chi connectivity index (χ2v) is 12.5. The summed E-state index contributed by atoms with van der Waals surface area (Å²) in [4.78, 5) is 2.36. The van der Waals surface area contributed by atoms with E-state index < -0.39 is 0 Å². The van der Waals surface area contributed by atoms with Crippen LogP contribution in [-0.2, 0) is 5.41 Å². The molecule has 2 nitrogen and oxygen atoms in total. The minimum absolute atomic E-state index is 0.157. The number of benzene rings is 7. The predicted octanol–water partition coefficient (Wildman–Crippen LogP) is 12.2. The third kappa shape index (κ3) is 3.82. The van der Waals surface area contributed by atoms with Gasteiger partial charge in [0.25, 0.3) is 0 Å². The molecule has 2 heteroatoms. The summed E-state index contributed by atoms with van der Waals surface area (Å²) in [5.41, 5.74) is 12.7. The molecule has 0 atom stereocenters. The lowest BCUT2D eigenvalue weighted by Gasteiger charge is -2.26. The van der Waals surface area contributed by atoms with Gasteiger partial charge in [0.2, 0.25) is 0 Å². The highest BCUT2D eigenvalue weighted by atomic mass is 16.3. The summed E-state index contributed by atoms with van der Waals surface area (Å²) < 4.78 is 6.82. The van der Waals surface area contributed by atoms with Gasteiger partial charge >= 0.3 is 0 Å². The maximum absolute atomic E-state index is 6.82. The molecule has 7 aromatic carbocycles. The van der Waals surface area contributed by atoms with Crippen LogP contribution in [0.15, 0.2) is 156 Å². The molecule has 0 saturated heterocycles. The summed E-state index contributed by atoms with van der Waals surface area (Å²) in [5, 5.41) is 4.79. The monoisotopic (exact) mass is 577 g/mol. The lowest BCUT2D eigenvalue weighted by Crippen LogP contribution is -2.15. The number of hydrogen-bond acceptors (Lipinski definition) is 2. The van der Waals surface area contributed by atoms with E-state index in [1.807, 2.05) is 0 Å². The fraction of sp³-hybridized carbons (Fsp3) is 0.0698. The number of fused-ring (bicyclic) bond motifs is 8. The first-order valence-electron chi connectivity index (χ1n) is 15.6. The summed E-state index contributed by atoms with van der Waals surface area (Å²) in [6.07, 6.45) is 0. The zero-order chi connectivity index (χ0) is 30.1. The fourth-order valence-electron chi connectivity index (χ4n) is 7.57. The normalized spacial score (nSPS) is 13.3. The molecule has 1 aliphatic rings. The average molecular weight is 578 g/mol. The smallest absolute Gasteiger partial charge is 0.140 e. The molecule has 45 heavy (non-hydrogen) atoms. The van der Waals surface area contributed by atoms with Crippen LogP contribution in [0.4, 0.5) is 17.1 Å². The van der Waals surface area contributed by atoms with Gasteiger partial charge < -0.3 is 9.32 Å². The van der Waals surface area contributed by atoms with Gasteiger partial charge in [-0.15, -0.1) is 0 Å². The van der Waals surface area contributed by atoms with Crippen molar-refractivity contribution in [1.29, 1.82) is 0 Å². The van der Waals surface area contributed by atoms with E-state index in [0.717, 1.165) is 39.0 Å². The summed E-state index contributed by atoms with van der Waals surface area (Å²) in [6, 6.07) is 54.5. The molecule has 0 saturated carbocycles. The molecular formula is C43H31NO. The molecular weight excluding hydrogens is 546 g/mol. The summed E-state index contributed by atoms with van der Waals surface area (Å²) >= 11 is 0. The largest absolute Gasteiger partial charge is 0.456 e. The third-order valence-corrected chi connectivity index (χ3v) is 9.64. The number of nitrogens with zero attached hydrogens (tertiary/aromatic N) is 1. The van der Waals surface area contributed by atoms with Crippen LogP contribution < -0.4 is 4.90 Å². The van der Waals surface area contributed by atoms with Gasteiger partial charge in [0.1, 0.15) is 11.2 Å². The number of para-hydroxylation sites is 1. The Kier molecular flexibility index (Phi) is 5.58. The molecule has 0 aliphatic heterocycles. The van der Waals surface area contributed by atoms with Gasteiger partial charge in [-0.2, -0.15) is 0 Å². The molecule has 0 bridgehead atoms. The zero-order valence-corrected chi connectivity index (χ0v) is 25.3. The van der Waals surface area contributed by atoms with Gasteiger partial charge in [-0.3, -0.25) is 0 Å². The van der Waals surface area contributed by atoms with Crippen molar-refractivity contribution in [1.82, 2.24) is 0 Å². The Bertz CT molecular complexity index is 2390. The second-order valence-electron chi connectivity index (χ2n) is 12.5. The maximum atomic E-state index is 6.82. The van der Waals surface area contributed by atoms with Crippen LogP contribution in [0.2, 0.25) is 0 Å². The molecule has 0 radical (unpaired) electrons. The first-order valence-corrected chi connectivity index (χ1v) is 15.6. The van der Waals surface area contributed by atoms with Crippen LogP contribution in [0.1, 0.15) is 25.0 Å². The maximum Gasteiger partial charge on any atom is 0.140 e. The molecule has 1 heterocycles. The van der Waals surface area contributed by atoms with Crippen molar-refractivity contribution in [3.05, 3.63) is 163 Å². The molecule has 0 unspecified atom stereocenters. The SMILES string of the molecule is CC1(C)c2ccccc2-c2ccc3c(oc4cccc(N(c5ccccc5)c5ccc(-c6cccc7ccccc67)cc5)c43)c21. The lowest BCUT2D eigenvalue weighted by molar-refractivity contribution is 0.620. The first-order chi connectivity index (χ1) is 22.1. The van der Waals surface area contributed by atoms with E-state index >= 15 is 0 Å². The van der Waals surface area contributed by atoms with Gasteiger partial charge in [0.15, 0.2) is 0 Å². The van der Waals surface area contributed by atoms with Gasteiger partial charge in [-0.05, 0) is 81.1 Å². The van der Waals surface area contributed by atoms with E-state index in [4.69, 9.17) is 4.42 Å². The van der Waals surface area contributed by atoms with Gasteiger partial charge in [0.05, 0.1) is 11.1 Å². The Labute approximate surface area is 262 Å². The molecule has 214 valence electrons. The lowest BCUT2D eigenvalue weighted by atomic mass is 9.82. The summed E-state index contributed by atoms with van der Waals surface area (Å²) in [7, 11) is 0. The Hall–Kier alpha value is -5.60. The van der Waals surface area contributed by atoms with E-state index in [2.05, 4.69) is 170 Å². The minimum Gasteiger partial charge on any atom is -0.456 e. The molecule has 8 aromatic rings. The quantitative estimate of drug-likeness (QED) is 0.207. The van der Waals surface area contributed by atoms with E-state index in [-0.39, 0.29) is 5.41 Å². The summed E-state index contributed by atoms with van der Waals surface area (Å²) in [5.74, 6) is 0. The van der Waals surface area contributed by atoms with Crippen molar-refractivity contribution >= 4 is 49.8 Å². The number of anilines is 3. The van der Waals surface area contributed by atoms with Crippen molar-refractivity contribution in [2.75, 3.05) is 4.90 Å². The van der Waals surface area contributed by atoms with E-state index in [9.17, 15) is 0 Å². The number of furan rings is 1. The topological polar surface area (TPSA) is 16.4 Å².